The van der Waals surface area contributed by atoms with E-state index < -0.39 is 0 Å². The predicted octanol–water partition coefficient (Wildman–Crippen LogP) is 4.48. The van der Waals surface area contributed by atoms with Gasteiger partial charge in [-0.2, -0.15) is 5.10 Å². The molecule has 2 aromatic heterocycles. The second-order valence-electron chi connectivity index (χ2n) is 6.90. The molecule has 0 saturated heterocycles. The number of hydrogen-bond acceptors (Lipinski definition) is 4. The lowest BCUT2D eigenvalue weighted by Crippen LogP contribution is -2.23. The van der Waals surface area contributed by atoms with Crippen LogP contribution in [-0.2, 0) is 11.3 Å². The first-order chi connectivity index (χ1) is 14.2. The summed E-state index contributed by atoms with van der Waals surface area (Å²) < 4.78 is 7.73. The SMILES string of the molecule is C/C(=N/NC(=O)Cn1cnc2ccccc21)c1cc2c(ccc3ccccc32)o1. The molecule has 6 heteroatoms. The van der Waals surface area contributed by atoms with E-state index in [4.69, 9.17) is 4.42 Å². The monoisotopic (exact) mass is 382 g/mol. The van der Waals surface area contributed by atoms with Crippen LogP contribution in [0.25, 0.3) is 32.8 Å². The Bertz CT molecular complexity index is 1390. The van der Waals surface area contributed by atoms with E-state index in [-0.39, 0.29) is 12.5 Å². The van der Waals surface area contributed by atoms with Crippen molar-refractivity contribution in [1.29, 1.82) is 0 Å². The molecule has 0 aliphatic heterocycles. The Morgan fingerprint density at radius 3 is 2.83 bits per heavy atom. The molecule has 0 saturated carbocycles. The van der Waals surface area contributed by atoms with Crippen LogP contribution in [0.2, 0.25) is 0 Å². The minimum absolute atomic E-state index is 0.141. The van der Waals surface area contributed by atoms with Crippen LogP contribution in [0.5, 0.6) is 0 Å². The van der Waals surface area contributed by atoms with Crippen molar-refractivity contribution >= 4 is 44.4 Å². The fourth-order valence-electron chi connectivity index (χ4n) is 3.50. The number of rotatable bonds is 4. The molecule has 0 atom stereocenters. The van der Waals surface area contributed by atoms with Crippen molar-refractivity contribution in [3.05, 3.63) is 78.8 Å². The van der Waals surface area contributed by atoms with Gasteiger partial charge in [0.2, 0.25) is 0 Å². The van der Waals surface area contributed by atoms with Crippen molar-refractivity contribution in [3.63, 3.8) is 0 Å². The standard InChI is InChI=1S/C23H18N4O2/c1-15(22-12-18-17-7-3-2-6-16(17)10-11-21(18)29-22)25-26-23(28)13-27-14-24-19-8-4-5-9-20(19)27/h2-12,14H,13H2,1H3,(H,26,28)/b25-15-. The minimum atomic E-state index is -0.228. The second kappa shape index (κ2) is 6.91. The van der Waals surface area contributed by atoms with Crippen molar-refractivity contribution in [2.45, 2.75) is 13.5 Å². The molecule has 5 aromatic rings. The molecule has 0 radical (unpaired) electrons. The lowest BCUT2D eigenvalue weighted by Gasteiger charge is -2.03. The van der Waals surface area contributed by atoms with Crippen LogP contribution in [0.15, 0.2) is 82.6 Å². The molecule has 2 heterocycles. The largest absolute Gasteiger partial charge is 0.455 e. The van der Waals surface area contributed by atoms with E-state index >= 15 is 0 Å². The Labute approximate surface area is 166 Å². The highest BCUT2D eigenvalue weighted by Crippen LogP contribution is 2.28. The first-order valence-corrected chi connectivity index (χ1v) is 9.34. The number of imidazole rings is 1. The van der Waals surface area contributed by atoms with Gasteiger partial charge in [0.25, 0.3) is 5.91 Å². The van der Waals surface area contributed by atoms with Crippen molar-refractivity contribution < 1.29 is 9.21 Å². The Kier molecular flexibility index (Phi) is 4.09. The summed E-state index contributed by atoms with van der Waals surface area (Å²) in [6, 6.07) is 21.8. The molecule has 0 unspecified atom stereocenters. The van der Waals surface area contributed by atoms with Gasteiger partial charge in [-0.25, -0.2) is 10.4 Å². The zero-order valence-electron chi connectivity index (χ0n) is 15.8. The number of hydrogen-bond donors (Lipinski definition) is 1. The molecule has 0 spiro atoms. The second-order valence-corrected chi connectivity index (χ2v) is 6.90. The van der Waals surface area contributed by atoms with Gasteiger partial charge in [-0.1, -0.05) is 42.5 Å². The Morgan fingerprint density at radius 2 is 1.90 bits per heavy atom. The van der Waals surface area contributed by atoms with Gasteiger partial charge in [-0.05, 0) is 42.0 Å². The number of amides is 1. The van der Waals surface area contributed by atoms with Gasteiger partial charge in [0, 0.05) is 5.39 Å². The van der Waals surface area contributed by atoms with Gasteiger partial charge in [0.05, 0.1) is 17.4 Å². The maximum absolute atomic E-state index is 12.3. The van der Waals surface area contributed by atoms with Crippen molar-refractivity contribution in [2.24, 2.45) is 5.10 Å². The number of carbonyl (C=O) groups is 1. The van der Waals surface area contributed by atoms with Crippen molar-refractivity contribution in [3.8, 4) is 0 Å². The average molecular weight is 382 g/mol. The summed E-state index contributed by atoms with van der Waals surface area (Å²) >= 11 is 0. The van der Waals surface area contributed by atoms with E-state index in [1.54, 1.807) is 10.9 Å². The molecule has 0 bridgehead atoms. The van der Waals surface area contributed by atoms with E-state index in [1.165, 1.54) is 0 Å². The predicted molar refractivity (Wildman–Crippen MR) is 114 cm³/mol. The Balaban J connectivity index is 1.36. The summed E-state index contributed by atoms with van der Waals surface area (Å²) in [4.78, 5) is 16.6. The highest BCUT2D eigenvalue weighted by molar-refractivity contribution is 6.09. The quantitative estimate of drug-likeness (QED) is 0.368. The van der Waals surface area contributed by atoms with E-state index in [2.05, 4.69) is 27.6 Å². The maximum Gasteiger partial charge on any atom is 0.260 e. The van der Waals surface area contributed by atoms with E-state index in [9.17, 15) is 4.79 Å². The van der Waals surface area contributed by atoms with E-state index in [0.29, 0.717) is 11.5 Å². The summed E-state index contributed by atoms with van der Waals surface area (Å²) in [5.74, 6) is 0.402. The molecule has 6 nitrogen and oxygen atoms in total. The molecular weight excluding hydrogens is 364 g/mol. The minimum Gasteiger partial charge on any atom is -0.455 e. The normalized spacial score (nSPS) is 12.1. The summed E-state index contributed by atoms with van der Waals surface area (Å²) in [5.41, 5.74) is 5.77. The topological polar surface area (TPSA) is 72.4 Å². The molecule has 0 aliphatic rings. The summed E-state index contributed by atoms with van der Waals surface area (Å²) in [7, 11) is 0. The van der Waals surface area contributed by atoms with E-state index in [0.717, 1.165) is 32.8 Å². The molecular formula is C23H18N4O2. The maximum atomic E-state index is 12.3. The number of carbonyl (C=O) groups excluding carboxylic acids is 1. The van der Waals surface area contributed by atoms with Crippen LogP contribution in [0.1, 0.15) is 12.7 Å². The van der Waals surface area contributed by atoms with Gasteiger partial charge in [-0.3, -0.25) is 4.79 Å². The lowest BCUT2D eigenvalue weighted by molar-refractivity contribution is -0.121. The lowest BCUT2D eigenvalue weighted by atomic mass is 10.1. The highest BCUT2D eigenvalue weighted by atomic mass is 16.3. The van der Waals surface area contributed by atoms with E-state index in [1.807, 2.05) is 61.5 Å². The summed E-state index contributed by atoms with van der Waals surface area (Å²) in [6.45, 7) is 1.95. The average Bonchev–Trinajstić information content (AvgIpc) is 3.37. The number of nitrogens with zero attached hydrogens (tertiary/aromatic N) is 3. The number of benzene rings is 3. The van der Waals surface area contributed by atoms with Crippen LogP contribution >= 0.6 is 0 Å². The zero-order valence-corrected chi connectivity index (χ0v) is 15.8. The van der Waals surface area contributed by atoms with Crippen LogP contribution in [0, 0.1) is 0 Å². The smallest absolute Gasteiger partial charge is 0.260 e. The first kappa shape index (κ1) is 17.2. The molecule has 5 rings (SSSR count). The third-order valence-electron chi connectivity index (χ3n) is 4.97. The number of fused-ring (bicyclic) bond motifs is 4. The van der Waals surface area contributed by atoms with Crippen LogP contribution in [0.4, 0.5) is 0 Å². The third kappa shape index (κ3) is 3.14. The van der Waals surface area contributed by atoms with Gasteiger partial charge in [-0.15, -0.1) is 0 Å². The van der Waals surface area contributed by atoms with Gasteiger partial charge >= 0.3 is 0 Å². The number of para-hydroxylation sites is 2. The van der Waals surface area contributed by atoms with Crippen molar-refractivity contribution in [1.82, 2.24) is 15.0 Å². The van der Waals surface area contributed by atoms with Crippen LogP contribution in [0.3, 0.4) is 0 Å². The fourth-order valence-corrected chi connectivity index (χ4v) is 3.50. The molecule has 1 N–H and O–H groups in total. The number of nitrogens with one attached hydrogen (secondary N) is 1. The van der Waals surface area contributed by atoms with Gasteiger partial charge in [0.15, 0.2) is 5.76 Å². The Hall–Kier alpha value is -3.93. The molecule has 0 fully saturated rings. The summed E-state index contributed by atoms with van der Waals surface area (Å²) in [5, 5.41) is 7.54. The number of furan rings is 1. The Morgan fingerprint density at radius 1 is 1.07 bits per heavy atom. The van der Waals surface area contributed by atoms with Crippen LogP contribution in [-0.4, -0.2) is 21.2 Å². The van der Waals surface area contributed by atoms with Gasteiger partial charge in [0.1, 0.15) is 17.8 Å². The highest BCUT2D eigenvalue weighted by Gasteiger charge is 2.11. The molecule has 142 valence electrons. The number of hydrazone groups is 1. The summed E-state index contributed by atoms with van der Waals surface area (Å²) in [6.07, 6.45) is 1.66. The molecule has 3 aromatic carbocycles. The van der Waals surface area contributed by atoms with Crippen molar-refractivity contribution in [2.75, 3.05) is 0 Å². The molecule has 0 aliphatic carbocycles. The zero-order chi connectivity index (χ0) is 19.8. The van der Waals surface area contributed by atoms with Gasteiger partial charge < -0.3 is 8.98 Å². The number of aromatic nitrogens is 2. The third-order valence-corrected chi connectivity index (χ3v) is 4.97. The van der Waals surface area contributed by atoms with Crippen LogP contribution < -0.4 is 5.43 Å². The molecule has 29 heavy (non-hydrogen) atoms. The fraction of sp³-hybridized carbons (Fsp3) is 0.0870. The first-order valence-electron chi connectivity index (χ1n) is 9.34. The molecule has 1 amide bonds.